The Kier molecular flexibility index (Phi) is 6.89. The van der Waals surface area contributed by atoms with E-state index in [2.05, 4.69) is 4.72 Å². The molecule has 1 N–H and O–H groups in total. The summed E-state index contributed by atoms with van der Waals surface area (Å²) in [5.74, 6) is -0.589. The van der Waals surface area contributed by atoms with Crippen LogP contribution in [0.15, 0.2) is 53.4 Å². The minimum atomic E-state index is -4.07. The van der Waals surface area contributed by atoms with Crippen LogP contribution in [-0.2, 0) is 19.6 Å². The van der Waals surface area contributed by atoms with Gasteiger partial charge < -0.3 is 4.74 Å². The van der Waals surface area contributed by atoms with E-state index in [1.165, 1.54) is 0 Å². The molecule has 2 rings (SSSR count). The molecule has 0 bridgehead atoms. The Labute approximate surface area is 161 Å². The third-order valence-corrected chi connectivity index (χ3v) is 5.44. The molecule has 1 atom stereocenters. The molecule has 10 heteroatoms. The highest BCUT2D eigenvalue weighted by molar-refractivity contribution is 7.89. The molecule has 0 aromatic heterocycles. The summed E-state index contributed by atoms with van der Waals surface area (Å²) >= 11 is 6.15. The number of sulfonamides is 1. The molecule has 0 heterocycles. The molecule has 0 aliphatic carbocycles. The van der Waals surface area contributed by atoms with Gasteiger partial charge in [-0.05, 0) is 30.7 Å². The van der Waals surface area contributed by atoms with Crippen LogP contribution < -0.4 is 4.72 Å². The highest BCUT2D eigenvalue weighted by atomic mass is 35.5. The molecular weight excluding hydrogens is 396 g/mol. The quantitative estimate of drug-likeness (QED) is 0.404. The predicted molar refractivity (Wildman–Crippen MR) is 98.9 cm³/mol. The minimum absolute atomic E-state index is 0.156. The molecule has 0 amide bonds. The molecule has 0 saturated carbocycles. The molecular formula is C17H17ClN2O6S. The molecule has 0 spiro atoms. The normalized spacial score (nSPS) is 12.4. The first-order valence-electron chi connectivity index (χ1n) is 7.91. The number of esters is 1. The van der Waals surface area contributed by atoms with Gasteiger partial charge in [0.15, 0.2) is 0 Å². The predicted octanol–water partition coefficient (Wildman–Crippen LogP) is 3.22. The molecule has 0 saturated heterocycles. The summed E-state index contributed by atoms with van der Waals surface area (Å²) in [5, 5.41) is 11.0. The summed E-state index contributed by atoms with van der Waals surface area (Å²) in [7, 11) is -4.07. The monoisotopic (exact) mass is 412 g/mol. The van der Waals surface area contributed by atoms with Crippen molar-refractivity contribution in [3.05, 3.63) is 69.2 Å². The van der Waals surface area contributed by atoms with Gasteiger partial charge >= 0.3 is 5.97 Å². The lowest BCUT2D eigenvalue weighted by atomic mass is 10.1. The summed E-state index contributed by atoms with van der Waals surface area (Å²) in [6, 6.07) is 9.98. The number of carbonyl (C=O) groups excluding carboxylic acids is 1. The lowest BCUT2D eigenvalue weighted by Gasteiger charge is -2.19. The van der Waals surface area contributed by atoms with E-state index in [0.29, 0.717) is 5.56 Å². The topological polar surface area (TPSA) is 116 Å². The summed E-state index contributed by atoms with van der Waals surface area (Å²) < 4.78 is 32.7. The first kappa shape index (κ1) is 20.8. The Morgan fingerprint density at radius 3 is 2.41 bits per heavy atom. The summed E-state index contributed by atoms with van der Waals surface area (Å²) in [5.41, 5.74) is 0.181. The molecule has 0 fully saturated rings. The summed E-state index contributed by atoms with van der Waals surface area (Å²) in [6.45, 7) is 1.80. The van der Waals surface area contributed by atoms with Crippen molar-refractivity contribution in [2.24, 2.45) is 0 Å². The van der Waals surface area contributed by atoms with Crippen molar-refractivity contribution < 1.29 is 22.9 Å². The first-order chi connectivity index (χ1) is 12.7. The molecule has 0 aliphatic rings. The second kappa shape index (κ2) is 8.94. The lowest BCUT2D eigenvalue weighted by Crippen LogP contribution is -2.31. The fourth-order valence-electron chi connectivity index (χ4n) is 2.36. The zero-order valence-corrected chi connectivity index (χ0v) is 15.9. The third kappa shape index (κ3) is 5.49. The van der Waals surface area contributed by atoms with Crippen LogP contribution in [0.2, 0.25) is 5.02 Å². The number of carbonyl (C=O) groups is 1. The molecule has 27 heavy (non-hydrogen) atoms. The number of rotatable bonds is 8. The van der Waals surface area contributed by atoms with Gasteiger partial charge in [-0.2, -0.15) is 0 Å². The van der Waals surface area contributed by atoms with E-state index in [1.807, 2.05) is 0 Å². The van der Waals surface area contributed by atoms with Crippen LogP contribution in [0.3, 0.4) is 0 Å². The van der Waals surface area contributed by atoms with E-state index >= 15 is 0 Å². The van der Waals surface area contributed by atoms with Crippen molar-refractivity contribution in [3.8, 4) is 0 Å². The van der Waals surface area contributed by atoms with E-state index in [9.17, 15) is 23.3 Å². The van der Waals surface area contributed by atoms with Crippen LogP contribution in [0.5, 0.6) is 0 Å². The number of ether oxygens (including phenoxy) is 1. The maximum absolute atomic E-state index is 12.7. The van der Waals surface area contributed by atoms with Crippen LogP contribution in [0.4, 0.5) is 5.69 Å². The molecule has 144 valence electrons. The maximum atomic E-state index is 12.7. The van der Waals surface area contributed by atoms with Crippen LogP contribution >= 0.6 is 11.6 Å². The largest absolute Gasteiger partial charge is 0.466 e. The van der Waals surface area contributed by atoms with Crippen molar-refractivity contribution in [2.75, 3.05) is 6.61 Å². The van der Waals surface area contributed by atoms with Crippen LogP contribution in [0.1, 0.15) is 24.9 Å². The van der Waals surface area contributed by atoms with Gasteiger partial charge in [0, 0.05) is 17.2 Å². The Bertz CT molecular complexity index is 931. The Hall–Kier alpha value is -2.49. The number of nitro groups is 1. The summed E-state index contributed by atoms with van der Waals surface area (Å²) in [4.78, 5) is 21.8. The van der Waals surface area contributed by atoms with Crippen molar-refractivity contribution in [1.29, 1.82) is 0 Å². The van der Waals surface area contributed by atoms with Crippen LogP contribution in [0.25, 0.3) is 0 Å². The van der Waals surface area contributed by atoms with Gasteiger partial charge in [-0.1, -0.05) is 29.8 Å². The van der Waals surface area contributed by atoms with E-state index < -0.39 is 27.0 Å². The van der Waals surface area contributed by atoms with E-state index in [-0.39, 0.29) is 28.6 Å². The molecule has 1 unspecified atom stereocenters. The van der Waals surface area contributed by atoms with Gasteiger partial charge in [0.25, 0.3) is 5.69 Å². The van der Waals surface area contributed by atoms with Gasteiger partial charge in [-0.25, -0.2) is 13.1 Å². The number of benzene rings is 2. The molecule has 2 aromatic rings. The standard InChI is InChI=1S/C17H17ClN2O6S/c1-2-26-17(21)11-16(14-5-3-4-6-15(14)18)19-27(24,25)13-9-7-12(8-10-13)20(22)23/h3-10,16,19H,2,11H2,1H3. The molecule has 2 aromatic carbocycles. The Morgan fingerprint density at radius 1 is 1.22 bits per heavy atom. The number of hydrogen-bond acceptors (Lipinski definition) is 6. The average molecular weight is 413 g/mol. The third-order valence-electron chi connectivity index (χ3n) is 3.61. The minimum Gasteiger partial charge on any atom is -0.466 e. The zero-order valence-electron chi connectivity index (χ0n) is 14.3. The fourth-order valence-corrected chi connectivity index (χ4v) is 3.84. The SMILES string of the molecule is CCOC(=O)CC(NS(=O)(=O)c1ccc([N+](=O)[O-])cc1)c1ccccc1Cl. The molecule has 8 nitrogen and oxygen atoms in total. The second-order valence-corrected chi connectivity index (χ2v) is 7.58. The Balaban J connectivity index is 2.34. The number of nitrogens with zero attached hydrogens (tertiary/aromatic N) is 1. The average Bonchev–Trinajstić information content (AvgIpc) is 2.61. The van der Waals surface area contributed by atoms with Gasteiger partial charge in [0.05, 0.1) is 28.9 Å². The number of nitro benzene ring substituents is 1. The lowest BCUT2D eigenvalue weighted by molar-refractivity contribution is -0.384. The van der Waals surface area contributed by atoms with E-state index in [0.717, 1.165) is 24.3 Å². The number of halogens is 1. The van der Waals surface area contributed by atoms with E-state index in [4.69, 9.17) is 16.3 Å². The number of non-ortho nitro benzene ring substituents is 1. The maximum Gasteiger partial charge on any atom is 0.307 e. The van der Waals surface area contributed by atoms with Gasteiger partial charge in [-0.3, -0.25) is 14.9 Å². The first-order valence-corrected chi connectivity index (χ1v) is 9.77. The van der Waals surface area contributed by atoms with Crippen LogP contribution in [0, 0.1) is 10.1 Å². The molecule has 0 radical (unpaired) electrons. The van der Waals surface area contributed by atoms with Crippen molar-refractivity contribution >= 4 is 33.3 Å². The number of hydrogen-bond donors (Lipinski definition) is 1. The van der Waals surface area contributed by atoms with Gasteiger partial charge in [0.2, 0.25) is 10.0 Å². The Morgan fingerprint density at radius 2 is 1.85 bits per heavy atom. The second-order valence-electron chi connectivity index (χ2n) is 5.46. The number of nitrogens with one attached hydrogen (secondary N) is 1. The van der Waals surface area contributed by atoms with E-state index in [1.54, 1.807) is 31.2 Å². The smallest absolute Gasteiger partial charge is 0.307 e. The van der Waals surface area contributed by atoms with Crippen molar-refractivity contribution in [3.63, 3.8) is 0 Å². The van der Waals surface area contributed by atoms with Crippen molar-refractivity contribution in [2.45, 2.75) is 24.3 Å². The van der Waals surface area contributed by atoms with Gasteiger partial charge in [-0.15, -0.1) is 0 Å². The van der Waals surface area contributed by atoms with Gasteiger partial charge in [0.1, 0.15) is 0 Å². The highest BCUT2D eigenvalue weighted by Gasteiger charge is 2.26. The summed E-state index contributed by atoms with van der Waals surface area (Å²) in [6.07, 6.45) is -0.260. The fraction of sp³-hybridized carbons (Fsp3) is 0.235. The molecule has 0 aliphatic heterocycles. The van der Waals surface area contributed by atoms with Crippen LogP contribution in [-0.4, -0.2) is 25.9 Å². The zero-order chi connectivity index (χ0) is 20.0. The van der Waals surface area contributed by atoms with Crippen molar-refractivity contribution in [1.82, 2.24) is 4.72 Å². The highest BCUT2D eigenvalue weighted by Crippen LogP contribution is 2.27.